The van der Waals surface area contributed by atoms with Crippen LogP contribution in [0.25, 0.3) is 0 Å². The SMILES string of the molecule is CCOC(=O)Cc1ccccc1N1CC(=O)CC1=O. The number of amides is 1. The van der Waals surface area contributed by atoms with Gasteiger partial charge in [0.25, 0.3) is 0 Å². The van der Waals surface area contributed by atoms with Gasteiger partial charge in [0.05, 0.1) is 26.0 Å². The maximum atomic E-state index is 11.7. The molecule has 0 aromatic heterocycles. The molecule has 0 saturated carbocycles. The van der Waals surface area contributed by atoms with Crippen molar-refractivity contribution < 1.29 is 19.1 Å². The van der Waals surface area contributed by atoms with Crippen molar-refractivity contribution in [3.05, 3.63) is 29.8 Å². The number of Topliss-reactive ketones (excluding diaryl/α,β-unsaturated/α-hetero) is 1. The number of nitrogens with zero attached hydrogens (tertiary/aromatic N) is 1. The molecule has 19 heavy (non-hydrogen) atoms. The van der Waals surface area contributed by atoms with Crippen LogP contribution in [0, 0.1) is 0 Å². The van der Waals surface area contributed by atoms with E-state index in [4.69, 9.17) is 4.74 Å². The van der Waals surface area contributed by atoms with Gasteiger partial charge in [-0.15, -0.1) is 0 Å². The van der Waals surface area contributed by atoms with Crippen LogP contribution in [0.3, 0.4) is 0 Å². The van der Waals surface area contributed by atoms with Crippen LogP contribution in [-0.4, -0.2) is 30.8 Å². The highest BCUT2D eigenvalue weighted by molar-refractivity contribution is 6.15. The van der Waals surface area contributed by atoms with E-state index in [1.807, 2.05) is 0 Å². The zero-order chi connectivity index (χ0) is 13.8. The van der Waals surface area contributed by atoms with Crippen molar-refractivity contribution in [1.29, 1.82) is 0 Å². The van der Waals surface area contributed by atoms with Crippen molar-refractivity contribution >= 4 is 23.3 Å². The molecule has 1 aliphatic heterocycles. The summed E-state index contributed by atoms with van der Waals surface area (Å²) in [6.45, 7) is 2.15. The van der Waals surface area contributed by atoms with Gasteiger partial charge in [0.15, 0.2) is 5.78 Å². The first-order chi connectivity index (χ1) is 9.11. The van der Waals surface area contributed by atoms with Crippen LogP contribution in [0.15, 0.2) is 24.3 Å². The van der Waals surface area contributed by atoms with Crippen molar-refractivity contribution in [2.24, 2.45) is 0 Å². The van der Waals surface area contributed by atoms with Gasteiger partial charge in [-0.3, -0.25) is 14.4 Å². The van der Waals surface area contributed by atoms with Crippen LogP contribution in [0.1, 0.15) is 18.9 Å². The summed E-state index contributed by atoms with van der Waals surface area (Å²) in [5.74, 6) is -0.662. The Labute approximate surface area is 111 Å². The van der Waals surface area contributed by atoms with Crippen LogP contribution in [0.4, 0.5) is 5.69 Å². The number of carbonyl (C=O) groups excluding carboxylic acids is 3. The summed E-state index contributed by atoms with van der Waals surface area (Å²) in [5.41, 5.74) is 1.32. The number of esters is 1. The zero-order valence-electron chi connectivity index (χ0n) is 10.7. The molecular formula is C14H15NO4. The molecule has 1 aliphatic rings. The number of ketones is 1. The second-order valence-corrected chi connectivity index (χ2v) is 4.31. The van der Waals surface area contributed by atoms with E-state index in [0.717, 1.165) is 0 Å². The molecule has 0 atom stereocenters. The Balaban J connectivity index is 2.23. The van der Waals surface area contributed by atoms with Crippen LogP contribution in [0.2, 0.25) is 0 Å². The largest absolute Gasteiger partial charge is 0.466 e. The standard InChI is InChI=1S/C14H15NO4/c1-2-19-14(18)7-10-5-3-4-6-12(10)15-9-11(16)8-13(15)17/h3-6H,2,7-9H2,1H3. The first-order valence-corrected chi connectivity index (χ1v) is 6.17. The topological polar surface area (TPSA) is 63.7 Å². The molecule has 0 N–H and O–H groups in total. The first-order valence-electron chi connectivity index (χ1n) is 6.17. The van der Waals surface area contributed by atoms with Crippen LogP contribution >= 0.6 is 0 Å². The zero-order valence-corrected chi connectivity index (χ0v) is 10.7. The van der Waals surface area contributed by atoms with E-state index >= 15 is 0 Å². The van der Waals surface area contributed by atoms with Gasteiger partial charge in [-0.25, -0.2) is 0 Å². The molecule has 2 rings (SSSR count). The van der Waals surface area contributed by atoms with E-state index in [2.05, 4.69) is 0 Å². The molecule has 1 amide bonds. The Bertz CT molecular complexity index is 524. The average molecular weight is 261 g/mol. The highest BCUT2D eigenvalue weighted by Crippen LogP contribution is 2.24. The van der Waals surface area contributed by atoms with Gasteiger partial charge in [0.1, 0.15) is 0 Å². The summed E-state index contributed by atoms with van der Waals surface area (Å²) in [7, 11) is 0. The molecule has 1 aromatic carbocycles. The monoisotopic (exact) mass is 261 g/mol. The Morgan fingerprint density at radius 1 is 1.32 bits per heavy atom. The third-order valence-corrected chi connectivity index (χ3v) is 2.91. The van der Waals surface area contributed by atoms with Gasteiger partial charge in [-0.2, -0.15) is 0 Å². The minimum absolute atomic E-state index is 0.0618. The third kappa shape index (κ3) is 2.99. The number of carbonyl (C=O) groups is 3. The number of hydrogen-bond donors (Lipinski definition) is 0. The quantitative estimate of drug-likeness (QED) is 0.601. The first kappa shape index (κ1) is 13.3. The van der Waals surface area contributed by atoms with E-state index < -0.39 is 0 Å². The van der Waals surface area contributed by atoms with Crippen molar-refractivity contribution in [3.8, 4) is 0 Å². The lowest BCUT2D eigenvalue weighted by atomic mass is 10.1. The predicted octanol–water partition coefficient (Wildman–Crippen LogP) is 1.10. The van der Waals surface area contributed by atoms with Gasteiger partial charge in [0.2, 0.25) is 5.91 Å². The van der Waals surface area contributed by atoms with Crippen LogP contribution in [0.5, 0.6) is 0 Å². The van der Waals surface area contributed by atoms with Gasteiger partial charge in [-0.05, 0) is 18.6 Å². The molecule has 1 heterocycles. The lowest BCUT2D eigenvalue weighted by Gasteiger charge is -2.18. The summed E-state index contributed by atoms with van der Waals surface area (Å²) < 4.78 is 4.90. The Morgan fingerprint density at radius 3 is 2.68 bits per heavy atom. The van der Waals surface area contributed by atoms with E-state index in [1.165, 1.54) is 4.90 Å². The minimum Gasteiger partial charge on any atom is -0.466 e. The van der Waals surface area contributed by atoms with Gasteiger partial charge >= 0.3 is 5.97 Å². The van der Waals surface area contributed by atoms with Crippen LogP contribution < -0.4 is 4.90 Å². The predicted molar refractivity (Wildman–Crippen MR) is 68.8 cm³/mol. The molecule has 1 fully saturated rings. The third-order valence-electron chi connectivity index (χ3n) is 2.91. The summed E-state index contributed by atoms with van der Waals surface area (Å²) in [4.78, 5) is 36.0. The number of benzene rings is 1. The number of anilines is 1. The molecule has 0 bridgehead atoms. The molecular weight excluding hydrogens is 246 g/mol. The second kappa shape index (κ2) is 5.65. The van der Waals surface area contributed by atoms with Crippen LogP contribution in [-0.2, 0) is 25.5 Å². The molecule has 100 valence electrons. The van der Waals surface area contributed by atoms with Crippen molar-refractivity contribution in [3.63, 3.8) is 0 Å². The second-order valence-electron chi connectivity index (χ2n) is 4.31. The molecule has 0 aliphatic carbocycles. The lowest BCUT2D eigenvalue weighted by molar-refractivity contribution is -0.142. The molecule has 1 aromatic rings. The van der Waals surface area contributed by atoms with Gasteiger partial charge in [0, 0.05) is 5.69 Å². The number of hydrogen-bond acceptors (Lipinski definition) is 4. The Hall–Kier alpha value is -2.17. The molecule has 5 heteroatoms. The summed E-state index contributed by atoms with van der Waals surface area (Å²) >= 11 is 0. The van der Waals surface area contributed by atoms with Crippen molar-refractivity contribution in [1.82, 2.24) is 0 Å². The number of ether oxygens (including phenoxy) is 1. The minimum atomic E-state index is -0.340. The fraction of sp³-hybridized carbons (Fsp3) is 0.357. The summed E-state index contributed by atoms with van der Waals surface area (Å²) in [6, 6.07) is 7.08. The van der Waals surface area contributed by atoms with Crippen molar-refractivity contribution in [2.45, 2.75) is 19.8 Å². The maximum absolute atomic E-state index is 11.7. The number of para-hydroxylation sites is 1. The Kier molecular flexibility index (Phi) is 3.94. The van der Waals surface area contributed by atoms with E-state index in [9.17, 15) is 14.4 Å². The van der Waals surface area contributed by atoms with Crippen molar-refractivity contribution in [2.75, 3.05) is 18.1 Å². The maximum Gasteiger partial charge on any atom is 0.310 e. The molecule has 0 unspecified atom stereocenters. The molecule has 0 radical (unpaired) electrons. The normalized spacial score (nSPS) is 14.9. The fourth-order valence-corrected chi connectivity index (χ4v) is 2.10. The van der Waals surface area contributed by atoms with Gasteiger partial charge < -0.3 is 9.64 Å². The highest BCUT2D eigenvalue weighted by Gasteiger charge is 2.30. The van der Waals surface area contributed by atoms with E-state index in [1.54, 1.807) is 31.2 Å². The smallest absolute Gasteiger partial charge is 0.310 e. The van der Waals surface area contributed by atoms with Gasteiger partial charge in [-0.1, -0.05) is 18.2 Å². The lowest BCUT2D eigenvalue weighted by Crippen LogP contribution is -2.26. The van der Waals surface area contributed by atoms with E-state index in [0.29, 0.717) is 17.9 Å². The van der Waals surface area contributed by atoms with E-state index in [-0.39, 0.29) is 37.0 Å². The average Bonchev–Trinajstić information content (AvgIpc) is 2.69. The summed E-state index contributed by atoms with van der Waals surface area (Å²) in [6.07, 6.45) is 0.0374. The molecule has 1 saturated heterocycles. The highest BCUT2D eigenvalue weighted by atomic mass is 16.5. The Morgan fingerprint density at radius 2 is 2.05 bits per heavy atom. The number of rotatable bonds is 4. The molecule has 5 nitrogen and oxygen atoms in total. The molecule has 0 spiro atoms. The summed E-state index contributed by atoms with van der Waals surface area (Å²) in [5, 5.41) is 0. The fourth-order valence-electron chi connectivity index (χ4n) is 2.10.